The number of primary amides is 1. The number of fused-ring (bicyclic) bond motifs is 1. The van der Waals surface area contributed by atoms with Gasteiger partial charge in [0.15, 0.2) is 5.65 Å². The first kappa shape index (κ1) is 11.7. The molecule has 1 amide bonds. The Bertz CT molecular complexity index is 693. The number of hydrogen-bond donors (Lipinski definition) is 2. The van der Waals surface area contributed by atoms with E-state index in [0.29, 0.717) is 12.1 Å². The summed E-state index contributed by atoms with van der Waals surface area (Å²) >= 11 is 0. The van der Waals surface area contributed by atoms with Crippen LogP contribution in [-0.2, 0) is 6.42 Å². The Labute approximate surface area is 109 Å². The predicted octanol–water partition coefficient (Wildman–Crippen LogP) is 1.29. The second kappa shape index (κ2) is 4.05. The van der Waals surface area contributed by atoms with Crippen molar-refractivity contribution in [3.05, 3.63) is 23.7 Å². The molecule has 3 N–H and O–H groups in total. The summed E-state index contributed by atoms with van der Waals surface area (Å²) in [6.45, 7) is 0. The molecule has 1 aliphatic rings. The van der Waals surface area contributed by atoms with Crippen molar-refractivity contribution in [2.24, 2.45) is 11.1 Å². The molecule has 0 bridgehead atoms. The minimum atomic E-state index is -0.561. The quantitative estimate of drug-likeness (QED) is 0.857. The lowest BCUT2D eigenvalue weighted by atomic mass is 9.99. The van der Waals surface area contributed by atoms with Crippen molar-refractivity contribution >= 4 is 17.1 Å². The van der Waals surface area contributed by atoms with Crippen LogP contribution in [0.3, 0.4) is 0 Å². The highest BCUT2D eigenvalue weighted by molar-refractivity contribution is 5.92. The van der Waals surface area contributed by atoms with Crippen LogP contribution in [0.2, 0.25) is 0 Å². The molecule has 3 rings (SSSR count). The van der Waals surface area contributed by atoms with Gasteiger partial charge in [0.05, 0.1) is 11.6 Å². The number of amides is 1. The number of nitrogens with zero attached hydrogens (tertiary/aromatic N) is 3. The molecular weight excluding hydrogens is 242 g/mol. The summed E-state index contributed by atoms with van der Waals surface area (Å²) in [5.74, 6) is 0.256. The van der Waals surface area contributed by atoms with Crippen molar-refractivity contribution in [1.82, 2.24) is 15.0 Å². The van der Waals surface area contributed by atoms with E-state index in [1.165, 1.54) is 0 Å². The summed E-state index contributed by atoms with van der Waals surface area (Å²) in [7, 11) is 0. The van der Waals surface area contributed by atoms with E-state index < -0.39 is 5.91 Å². The molecule has 2 aromatic heterocycles. The normalized spacial score (nSPS) is 16.2. The molecule has 96 valence electrons. The van der Waals surface area contributed by atoms with E-state index in [-0.39, 0.29) is 11.1 Å². The van der Waals surface area contributed by atoms with Crippen molar-refractivity contribution < 1.29 is 4.79 Å². The Morgan fingerprint density at radius 2 is 2.26 bits per heavy atom. The Morgan fingerprint density at radius 3 is 2.89 bits per heavy atom. The summed E-state index contributed by atoms with van der Waals surface area (Å²) in [5.41, 5.74) is 6.78. The van der Waals surface area contributed by atoms with E-state index in [9.17, 15) is 4.79 Å². The molecule has 19 heavy (non-hydrogen) atoms. The van der Waals surface area contributed by atoms with Gasteiger partial charge in [-0.05, 0) is 30.4 Å². The zero-order valence-corrected chi connectivity index (χ0v) is 10.3. The smallest absolute Gasteiger partial charge is 0.267 e. The lowest BCUT2D eigenvalue weighted by molar-refractivity contribution is 0.0996. The van der Waals surface area contributed by atoms with Crippen LogP contribution >= 0.6 is 0 Å². The van der Waals surface area contributed by atoms with E-state index in [4.69, 9.17) is 11.0 Å². The van der Waals surface area contributed by atoms with Crippen molar-refractivity contribution in [1.29, 1.82) is 5.26 Å². The average molecular weight is 255 g/mol. The zero-order chi connectivity index (χ0) is 13.5. The Hall–Kier alpha value is -2.42. The second-order valence-corrected chi connectivity index (χ2v) is 5.13. The molecular formula is C13H13N5O. The molecule has 0 spiro atoms. The predicted molar refractivity (Wildman–Crippen MR) is 68.0 cm³/mol. The van der Waals surface area contributed by atoms with Crippen LogP contribution < -0.4 is 5.73 Å². The van der Waals surface area contributed by atoms with Gasteiger partial charge >= 0.3 is 0 Å². The van der Waals surface area contributed by atoms with Gasteiger partial charge in [-0.1, -0.05) is 0 Å². The number of nitrogens with two attached hydrogens (primary N) is 1. The first-order valence-electron chi connectivity index (χ1n) is 6.14. The monoisotopic (exact) mass is 255 g/mol. The van der Waals surface area contributed by atoms with Gasteiger partial charge in [0, 0.05) is 12.8 Å². The molecule has 0 saturated heterocycles. The molecule has 0 unspecified atom stereocenters. The fourth-order valence-electron chi connectivity index (χ4n) is 2.28. The zero-order valence-electron chi connectivity index (χ0n) is 10.3. The fourth-order valence-corrected chi connectivity index (χ4v) is 2.28. The van der Waals surface area contributed by atoms with Crippen molar-refractivity contribution in [3.8, 4) is 6.07 Å². The summed E-state index contributed by atoms with van der Waals surface area (Å²) < 4.78 is 0. The summed E-state index contributed by atoms with van der Waals surface area (Å²) in [4.78, 5) is 22.7. The average Bonchev–Trinajstić information content (AvgIpc) is 3.00. The number of pyridine rings is 1. The third kappa shape index (κ3) is 2.15. The van der Waals surface area contributed by atoms with Crippen LogP contribution in [0, 0.1) is 16.7 Å². The highest BCUT2D eigenvalue weighted by Gasteiger charge is 2.43. The maximum atomic E-state index is 11.1. The van der Waals surface area contributed by atoms with Crippen LogP contribution in [-0.4, -0.2) is 20.9 Å². The van der Waals surface area contributed by atoms with Gasteiger partial charge in [-0.15, -0.1) is 0 Å². The van der Waals surface area contributed by atoms with E-state index >= 15 is 0 Å². The largest absolute Gasteiger partial charge is 0.364 e. The van der Waals surface area contributed by atoms with E-state index in [0.717, 1.165) is 30.6 Å². The number of aromatic nitrogens is 3. The lowest BCUT2D eigenvalue weighted by Gasteiger charge is -2.06. The van der Waals surface area contributed by atoms with Crippen LogP contribution in [0.1, 0.15) is 35.6 Å². The lowest BCUT2D eigenvalue weighted by Crippen LogP contribution is -2.12. The number of hydrogen-bond acceptors (Lipinski definition) is 4. The number of rotatable bonds is 4. The van der Waals surface area contributed by atoms with Gasteiger partial charge in [-0.2, -0.15) is 5.26 Å². The molecule has 6 heteroatoms. The molecule has 1 aliphatic carbocycles. The van der Waals surface area contributed by atoms with Crippen LogP contribution in [0.25, 0.3) is 11.2 Å². The standard InChI is InChI=1S/C13H13N5O/c14-6-5-13(3-4-13)7-10-16-9-2-1-8(11(15)19)17-12(9)18-10/h1-2H,3-5,7H2,(H2,15,19)(H,16,17,18). The third-order valence-corrected chi connectivity index (χ3v) is 3.60. The minimum absolute atomic E-state index is 0.0924. The highest BCUT2D eigenvalue weighted by Crippen LogP contribution is 2.50. The first-order chi connectivity index (χ1) is 9.12. The van der Waals surface area contributed by atoms with E-state index in [2.05, 4.69) is 21.0 Å². The molecule has 0 aliphatic heterocycles. The molecule has 6 nitrogen and oxygen atoms in total. The second-order valence-electron chi connectivity index (χ2n) is 5.13. The molecule has 2 aromatic rings. The summed E-state index contributed by atoms with van der Waals surface area (Å²) in [6, 6.07) is 5.56. The molecule has 1 fully saturated rings. The molecule has 0 atom stereocenters. The van der Waals surface area contributed by atoms with Crippen molar-refractivity contribution in [2.45, 2.75) is 25.7 Å². The van der Waals surface area contributed by atoms with Crippen molar-refractivity contribution in [2.75, 3.05) is 0 Å². The van der Waals surface area contributed by atoms with Crippen molar-refractivity contribution in [3.63, 3.8) is 0 Å². The number of carbonyl (C=O) groups is 1. The summed E-state index contributed by atoms with van der Waals surface area (Å²) in [6.07, 6.45) is 3.45. The minimum Gasteiger partial charge on any atom is -0.364 e. The number of H-pyrrole nitrogens is 1. The SMILES string of the molecule is N#CCC1(Cc2nc3nc(C(N)=O)ccc3[nH]2)CC1. The molecule has 0 radical (unpaired) electrons. The van der Waals surface area contributed by atoms with Gasteiger partial charge in [0.25, 0.3) is 5.91 Å². The van der Waals surface area contributed by atoms with Gasteiger partial charge < -0.3 is 10.7 Å². The maximum absolute atomic E-state index is 11.1. The topological polar surface area (TPSA) is 108 Å². The maximum Gasteiger partial charge on any atom is 0.267 e. The summed E-state index contributed by atoms with van der Waals surface area (Å²) in [5, 5.41) is 8.81. The van der Waals surface area contributed by atoms with Crippen LogP contribution in [0.15, 0.2) is 12.1 Å². The Morgan fingerprint density at radius 1 is 1.47 bits per heavy atom. The highest BCUT2D eigenvalue weighted by atomic mass is 16.1. The fraction of sp³-hybridized carbons (Fsp3) is 0.385. The number of imidazole rings is 1. The number of carbonyl (C=O) groups excluding carboxylic acids is 1. The number of nitrogens with one attached hydrogen (secondary N) is 1. The molecule has 1 saturated carbocycles. The Balaban J connectivity index is 1.90. The molecule has 0 aromatic carbocycles. The Kier molecular flexibility index (Phi) is 2.49. The van der Waals surface area contributed by atoms with Gasteiger partial charge in [-0.3, -0.25) is 4.79 Å². The van der Waals surface area contributed by atoms with Crippen LogP contribution in [0.4, 0.5) is 0 Å². The van der Waals surface area contributed by atoms with E-state index in [1.807, 2.05) is 0 Å². The first-order valence-corrected chi connectivity index (χ1v) is 6.14. The van der Waals surface area contributed by atoms with Gasteiger partial charge in [0.2, 0.25) is 0 Å². The number of nitriles is 1. The van der Waals surface area contributed by atoms with Crippen LogP contribution in [0.5, 0.6) is 0 Å². The molecule has 2 heterocycles. The van der Waals surface area contributed by atoms with Gasteiger partial charge in [0.1, 0.15) is 11.5 Å². The third-order valence-electron chi connectivity index (χ3n) is 3.60. The number of aromatic amines is 1. The van der Waals surface area contributed by atoms with E-state index in [1.54, 1.807) is 12.1 Å². The van der Waals surface area contributed by atoms with Gasteiger partial charge in [-0.25, -0.2) is 9.97 Å².